The Hall–Kier alpha value is -5.70. The predicted molar refractivity (Wildman–Crippen MR) is 221 cm³/mol. The van der Waals surface area contributed by atoms with Gasteiger partial charge in [0.1, 0.15) is 24.7 Å². The number of fused-ring (bicyclic) bond motifs is 3. The molecule has 1 aromatic heterocycles. The fourth-order valence-corrected chi connectivity index (χ4v) is 11.6. The molecule has 5 aromatic rings. The van der Waals surface area contributed by atoms with E-state index in [0.29, 0.717) is 41.1 Å². The average Bonchev–Trinajstić information content (AvgIpc) is 3.98. The molecule has 2 amide bonds. The highest BCUT2D eigenvalue weighted by Crippen LogP contribution is 2.61. The molecule has 0 spiro atoms. The molecule has 2 heterocycles. The minimum atomic E-state index is -0.465. The number of rotatable bonds is 11. The molecule has 2 N–H and O–H groups in total. The molecule has 9 heteroatoms. The summed E-state index contributed by atoms with van der Waals surface area (Å²) in [5, 5.41) is 3.03. The average molecular weight is 775 g/mol. The number of H-pyrrole nitrogens is 1. The van der Waals surface area contributed by atoms with E-state index in [1.165, 1.54) is 60.8 Å². The Morgan fingerprint density at radius 2 is 1.47 bits per heavy atom. The zero-order chi connectivity index (χ0) is 39.2. The van der Waals surface area contributed by atoms with E-state index < -0.39 is 5.97 Å². The summed E-state index contributed by atoms with van der Waals surface area (Å²) in [5.74, 6) is 2.29. The molecule has 5 fully saturated rings. The molecule has 296 valence electrons. The third-order valence-electron chi connectivity index (χ3n) is 13.8. The van der Waals surface area contributed by atoms with E-state index in [4.69, 9.17) is 14.5 Å². The van der Waals surface area contributed by atoms with Crippen LogP contribution in [0.3, 0.4) is 0 Å². The highest BCUT2D eigenvalue weighted by atomic mass is 16.6. The van der Waals surface area contributed by atoms with Crippen molar-refractivity contribution in [3.05, 3.63) is 143 Å². The van der Waals surface area contributed by atoms with E-state index in [1.54, 1.807) is 29.2 Å². The van der Waals surface area contributed by atoms with Crippen molar-refractivity contribution < 1.29 is 23.9 Å². The number of nitrogens with one attached hydrogen (secondary N) is 2. The van der Waals surface area contributed by atoms with Gasteiger partial charge in [0.2, 0.25) is 0 Å². The monoisotopic (exact) mass is 774 g/mol. The number of benzene rings is 4. The van der Waals surface area contributed by atoms with Crippen LogP contribution in [-0.2, 0) is 22.5 Å². The van der Waals surface area contributed by atoms with Crippen molar-refractivity contribution in [2.75, 3.05) is 18.5 Å². The number of amides is 2. The van der Waals surface area contributed by atoms with E-state index in [2.05, 4.69) is 46.7 Å². The first-order chi connectivity index (χ1) is 28.4. The summed E-state index contributed by atoms with van der Waals surface area (Å²) in [5.41, 5.74) is 7.94. The van der Waals surface area contributed by atoms with Gasteiger partial charge in [-0.15, -0.1) is 0 Å². The van der Waals surface area contributed by atoms with Gasteiger partial charge in [-0.1, -0.05) is 84.9 Å². The summed E-state index contributed by atoms with van der Waals surface area (Å²) >= 11 is 0. The Balaban J connectivity index is 0.875. The molecular weight excluding hydrogens is 725 g/mol. The van der Waals surface area contributed by atoms with Crippen molar-refractivity contribution in [2.45, 2.75) is 82.8 Å². The molecule has 1 aliphatic heterocycles. The maximum Gasteiger partial charge on any atom is 0.410 e. The van der Waals surface area contributed by atoms with Crippen LogP contribution in [0.4, 0.5) is 10.5 Å². The second-order valence-corrected chi connectivity index (χ2v) is 17.6. The number of aromatic nitrogens is 2. The molecule has 1 atom stereocenters. The van der Waals surface area contributed by atoms with Gasteiger partial charge in [-0.25, -0.2) is 14.6 Å². The number of anilines is 1. The topological polar surface area (TPSA) is 114 Å². The highest BCUT2D eigenvalue weighted by Gasteiger charge is 2.50. The molecule has 5 aliphatic carbocycles. The van der Waals surface area contributed by atoms with E-state index >= 15 is 0 Å². The molecule has 4 saturated carbocycles. The van der Waals surface area contributed by atoms with Crippen LogP contribution in [0.2, 0.25) is 0 Å². The number of carbonyl (C=O) groups is 3. The maximum absolute atomic E-state index is 14.2. The molecule has 1 saturated heterocycles. The number of ether oxygens (including phenoxy) is 2. The minimum absolute atomic E-state index is 0.0308. The van der Waals surface area contributed by atoms with Crippen molar-refractivity contribution in [2.24, 2.45) is 23.2 Å². The predicted octanol–water partition coefficient (Wildman–Crippen LogP) is 10.3. The fraction of sp³-hybridized carbons (Fsp3) is 0.388. The molecule has 4 aromatic carbocycles. The second kappa shape index (κ2) is 15.2. The molecule has 4 bridgehead atoms. The number of likely N-dealkylation sites (tertiary alicyclic amines) is 1. The van der Waals surface area contributed by atoms with Gasteiger partial charge < -0.3 is 19.8 Å². The summed E-state index contributed by atoms with van der Waals surface area (Å²) in [7, 11) is 0. The Morgan fingerprint density at radius 1 is 0.793 bits per heavy atom. The van der Waals surface area contributed by atoms with Crippen molar-refractivity contribution in [1.82, 2.24) is 14.9 Å². The van der Waals surface area contributed by atoms with Crippen LogP contribution in [-0.4, -0.2) is 46.0 Å². The van der Waals surface area contributed by atoms with Gasteiger partial charge in [-0.3, -0.25) is 9.69 Å². The number of hydrogen-bond acceptors (Lipinski definition) is 6. The van der Waals surface area contributed by atoms with Crippen LogP contribution in [0.15, 0.2) is 103 Å². The molecule has 0 unspecified atom stereocenters. The minimum Gasteiger partial charge on any atom is -0.457 e. The molecule has 0 radical (unpaired) electrons. The number of aryl methyl sites for hydroxylation is 1. The number of nitrogens with zero attached hydrogens (tertiary/aromatic N) is 2. The zero-order valence-corrected chi connectivity index (χ0v) is 32.8. The van der Waals surface area contributed by atoms with Crippen LogP contribution in [0, 0.1) is 23.2 Å². The van der Waals surface area contributed by atoms with Crippen molar-refractivity contribution in [3.8, 4) is 11.1 Å². The molecule has 6 aliphatic rings. The number of aromatic amines is 1. The standard InChI is InChI=1S/C49H50N4O5/c54-46(50-36-13-8-12-35(25-36)47(55)57-29-31-10-2-1-3-11-31)44-42(19-20-49-26-32-22-33(27-49)24-34(23-32)28-49)51-45(52-44)43-18-9-21-53(43)48(56)58-30-41-39-16-6-4-14-37(39)38-15-5-7-17-40(38)41/h1-8,10-17,25,32-34,41,43H,9,18-24,26-30H2,(H,50,54)(H,51,52)/t32?,33?,34?,43-,49?/m0/s1. The lowest BCUT2D eigenvalue weighted by Gasteiger charge is -2.57. The van der Waals surface area contributed by atoms with Gasteiger partial charge >= 0.3 is 12.1 Å². The van der Waals surface area contributed by atoms with Crippen molar-refractivity contribution >= 4 is 23.7 Å². The van der Waals surface area contributed by atoms with Crippen LogP contribution in [0.1, 0.15) is 119 Å². The first-order valence-corrected chi connectivity index (χ1v) is 21.2. The lowest BCUT2D eigenvalue weighted by molar-refractivity contribution is -0.0570. The van der Waals surface area contributed by atoms with Gasteiger partial charge in [-0.05, 0) is 133 Å². The summed E-state index contributed by atoms with van der Waals surface area (Å²) in [6.45, 7) is 0.962. The summed E-state index contributed by atoms with van der Waals surface area (Å²) in [4.78, 5) is 51.5. The lowest BCUT2D eigenvalue weighted by atomic mass is 9.48. The summed E-state index contributed by atoms with van der Waals surface area (Å²) < 4.78 is 11.7. The van der Waals surface area contributed by atoms with Gasteiger partial charge in [-0.2, -0.15) is 0 Å². The van der Waals surface area contributed by atoms with Crippen LogP contribution >= 0.6 is 0 Å². The highest BCUT2D eigenvalue weighted by molar-refractivity contribution is 6.04. The Kier molecular flexibility index (Phi) is 9.62. The van der Waals surface area contributed by atoms with E-state index in [-0.39, 0.29) is 37.2 Å². The van der Waals surface area contributed by atoms with Crippen LogP contribution in [0.5, 0.6) is 0 Å². The first-order valence-electron chi connectivity index (χ1n) is 21.2. The molecule has 11 rings (SSSR count). The SMILES string of the molecule is O=C(OCc1ccccc1)c1cccc(NC(=O)c2nc([C@@H]3CCCN3C(=O)OCC3c4ccccc4-c4ccccc43)[nH]c2CCC23CC4CC(CC(C4)C2)C3)c1. The normalized spacial score (nSPS) is 24.0. The first kappa shape index (κ1) is 36.6. The number of hydrogen-bond donors (Lipinski definition) is 2. The maximum atomic E-state index is 14.2. The van der Waals surface area contributed by atoms with Crippen LogP contribution < -0.4 is 5.32 Å². The van der Waals surface area contributed by atoms with Gasteiger partial charge in [0, 0.05) is 23.8 Å². The van der Waals surface area contributed by atoms with Crippen molar-refractivity contribution in [3.63, 3.8) is 0 Å². The van der Waals surface area contributed by atoms with Gasteiger partial charge in [0.05, 0.1) is 11.6 Å². The largest absolute Gasteiger partial charge is 0.457 e. The number of imidazole rings is 1. The van der Waals surface area contributed by atoms with Crippen molar-refractivity contribution in [1.29, 1.82) is 0 Å². The quantitative estimate of drug-likeness (QED) is 0.129. The van der Waals surface area contributed by atoms with Gasteiger partial charge in [0.25, 0.3) is 5.91 Å². The smallest absolute Gasteiger partial charge is 0.410 e. The molecular formula is C49H50N4O5. The number of esters is 1. The van der Waals surface area contributed by atoms with Gasteiger partial charge in [0.15, 0.2) is 0 Å². The Morgan fingerprint density at radius 3 is 2.17 bits per heavy atom. The van der Waals surface area contributed by atoms with Crippen LogP contribution in [0.25, 0.3) is 11.1 Å². The summed E-state index contributed by atoms with van der Waals surface area (Å²) in [6, 6.07) is 32.8. The third-order valence-corrected chi connectivity index (χ3v) is 13.8. The lowest BCUT2D eigenvalue weighted by Crippen LogP contribution is -2.46. The van der Waals surface area contributed by atoms with E-state index in [0.717, 1.165) is 48.3 Å². The van der Waals surface area contributed by atoms with E-state index in [1.807, 2.05) is 42.5 Å². The Bertz CT molecular complexity index is 2270. The fourth-order valence-electron chi connectivity index (χ4n) is 11.6. The van der Waals surface area contributed by atoms with E-state index in [9.17, 15) is 14.4 Å². The number of carbonyl (C=O) groups excluding carboxylic acids is 3. The third kappa shape index (κ3) is 7.09. The molecule has 58 heavy (non-hydrogen) atoms. The second-order valence-electron chi connectivity index (χ2n) is 17.6. The summed E-state index contributed by atoms with van der Waals surface area (Å²) in [6.07, 6.45) is 10.9. The zero-order valence-electron chi connectivity index (χ0n) is 32.8. The molecule has 9 nitrogen and oxygen atoms in total. The Labute approximate surface area is 339 Å².